The van der Waals surface area contributed by atoms with Gasteiger partial charge in [-0.1, -0.05) is 28.1 Å². The van der Waals surface area contributed by atoms with Crippen molar-refractivity contribution >= 4 is 33.7 Å². The fourth-order valence-electron chi connectivity index (χ4n) is 1.57. The summed E-state index contributed by atoms with van der Waals surface area (Å²) < 4.78 is 0.967. The number of aryl methyl sites for hydroxylation is 2. The molecule has 0 atom stereocenters. The summed E-state index contributed by atoms with van der Waals surface area (Å²) in [5, 5.41) is 9.31. The van der Waals surface area contributed by atoms with E-state index in [0.29, 0.717) is 5.82 Å². The van der Waals surface area contributed by atoms with E-state index in [-0.39, 0.29) is 5.91 Å². The fourth-order valence-corrected chi connectivity index (χ4v) is 2.20. The van der Waals surface area contributed by atoms with E-state index in [1.54, 1.807) is 12.3 Å². The molecule has 2 aromatic rings. The van der Waals surface area contributed by atoms with Crippen molar-refractivity contribution in [2.24, 2.45) is 0 Å². The van der Waals surface area contributed by atoms with E-state index in [9.17, 15) is 4.79 Å². The molecule has 0 saturated heterocycles. The molecule has 0 spiro atoms. The van der Waals surface area contributed by atoms with Crippen LogP contribution in [0.1, 0.15) is 16.7 Å². The number of carbonyl (C=O) groups is 1. The highest BCUT2D eigenvalue weighted by Gasteiger charge is 2.03. The van der Waals surface area contributed by atoms with Crippen LogP contribution in [0.15, 0.2) is 34.9 Å². The molecule has 1 aromatic carbocycles. The first kappa shape index (κ1) is 13.5. The summed E-state index contributed by atoms with van der Waals surface area (Å²) >= 11 is 3.47. The van der Waals surface area contributed by atoms with Crippen LogP contribution >= 0.6 is 15.9 Å². The Kier molecular flexibility index (Phi) is 4.16. The van der Waals surface area contributed by atoms with Gasteiger partial charge in [-0.3, -0.25) is 9.89 Å². The number of aromatic amines is 1. The largest absolute Gasteiger partial charge is 0.307 e. The molecule has 1 aromatic heterocycles. The molecule has 0 fully saturated rings. The molecule has 1 heterocycles. The molecule has 0 radical (unpaired) electrons. The lowest BCUT2D eigenvalue weighted by molar-refractivity contribution is -0.111. The highest BCUT2D eigenvalue weighted by molar-refractivity contribution is 9.10. The first-order chi connectivity index (χ1) is 9.06. The minimum atomic E-state index is -0.195. The first-order valence-corrected chi connectivity index (χ1v) is 6.61. The molecule has 0 bridgehead atoms. The molecule has 19 heavy (non-hydrogen) atoms. The zero-order valence-corrected chi connectivity index (χ0v) is 12.3. The van der Waals surface area contributed by atoms with Crippen molar-refractivity contribution in [1.82, 2.24) is 10.2 Å². The van der Waals surface area contributed by atoms with Crippen molar-refractivity contribution < 1.29 is 4.79 Å². The van der Waals surface area contributed by atoms with E-state index < -0.39 is 0 Å². The summed E-state index contributed by atoms with van der Waals surface area (Å²) in [5.41, 5.74) is 3.03. The van der Waals surface area contributed by atoms with Crippen LogP contribution in [0, 0.1) is 13.8 Å². The smallest absolute Gasteiger partial charge is 0.249 e. The predicted octanol–water partition coefficient (Wildman–Crippen LogP) is 3.44. The summed E-state index contributed by atoms with van der Waals surface area (Å²) in [5.74, 6) is 0.428. The normalized spacial score (nSPS) is 10.9. The van der Waals surface area contributed by atoms with Gasteiger partial charge in [0.05, 0.1) is 6.20 Å². The zero-order valence-electron chi connectivity index (χ0n) is 10.7. The maximum Gasteiger partial charge on any atom is 0.249 e. The van der Waals surface area contributed by atoms with Crippen LogP contribution in [-0.4, -0.2) is 16.1 Å². The van der Waals surface area contributed by atoms with Crippen molar-refractivity contribution in [3.05, 3.63) is 51.6 Å². The molecule has 1 amide bonds. The molecule has 98 valence electrons. The van der Waals surface area contributed by atoms with E-state index in [1.807, 2.05) is 32.0 Å². The van der Waals surface area contributed by atoms with Gasteiger partial charge in [-0.15, -0.1) is 0 Å². The van der Waals surface area contributed by atoms with Crippen LogP contribution < -0.4 is 5.32 Å². The van der Waals surface area contributed by atoms with Gasteiger partial charge in [-0.05, 0) is 37.1 Å². The van der Waals surface area contributed by atoms with E-state index in [0.717, 1.165) is 15.6 Å². The molecule has 0 aliphatic heterocycles. The lowest BCUT2D eigenvalue weighted by atomic mass is 10.1. The molecule has 0 saturated carbocycles. The Bertz CT molecular complexity index is 631. The van der Waals surface area contributed by atoms with E-state index in [1.165, 1.54) is 11.6 Å². The fraction of sp³-hybridized carbons (Fsp3) is 0.143. The molecule has 2 N–H and O–H groups in total. The number of rotatable bonds is 3. The number of halogens is 1. The maximum atomic E-state index is 11.8. The van der Waals surface area contributed by atoms with Gasteiger partial charge in [0.15, 0.2) is 0 Å². The Morgan fingerprint density at radius 1 is 1.42 bits per heavy atom. The van der Waals surface area contributed by atoms with Gasteiger partial charge in [0.2, 0.25) is 5.91 Å². The quantitative estimate of drug-likeness (QED) is 0.851. The summed E-state index contributed by atoms with van der Waals surface area (Å²) in [6, 6.07) is 5.97. The zero-order chi connectivity index (χ0) is 13.8. The summed E-state index contributed by atoms with van der Waals surface area (Å²) in [7, 11) is 0. The van der Waals surface area contributed by atoms with Crippen LogP contribution in [-0.2, 0) is 4.79 Å². The number of hydrogen-bond acceptors (Lipinski definition) is 2. The number of anilines is 1. The van der Waals surface area contributed by atoms with Gasteiger partial charge in [0.1, 0.15) is 5.82 Å². The third-order valence-electron chi connectivity index (χ3n) is 2.65. The Morgan fingerprint density at radius 3 is 2.84 bits per heavy atom. The van der Waals surface area contributed by atoms with Crippen LogP contribution in [0.5, 0.6) is 0 Å². The lowest BCUT2D eigenvalue weighted by Gasteiger charge is -2.01. The molecule has 0 aliphatic carbocycles. The molecular formula is C14H14BrN3O. The SMILES string of the molecule is Cc1ccc(/C=C/C(=O)Nc2[nH]ncc2C)c(Br)c1. The second kappa shape index (κ2) is 5.84. The summed E-state index contributed by atoms with van der Waals surface area (Å²) in [6.07, 6.45) is 4.93. The van der Waals surface area contributed by atoms with Crippen LogP contribution in [0.3, 0.4) is 0 Å². The van der Waals surface area contributed by atoms with Crippen molar-refractivity contribution in [2.75, 3.05) is 5.32 Å². The third-order valence-corrected chi connectivity index (χ3v) is 3.33. The Hall–Kier alpha value is -1.88. The number of nitrogens with zero attached hydrogens (tertiary/aromatic N) is 1. The Morgan fingerprint density at radius 2 is 2.21 bits per heavy atom. The Balaban J connectivity index is 2.06. The van der Waals surface area contributed by atoms with Crippen molar-refractivity contribution in [1.29, 1.82) is 0 Å². The van der Waals surface area contributed by atoms with Crippen molar-refractivity contribution in [3.63, 3.8) is 0 Å². The second-order valence-corrected chi connectivity index (χ2v) is 5.13. The minimum Gasteiger partial charge on any atom is -0.307 e. The van der Waals surface area contributed by atoms with Gasteiger partial charge in [-0.2, -0.15) is 5.10 Å². The number of hydrogen-bond donors (Lipinski definition) is 2. The standard InChI is InChI=1S/C14H14BrN3O/c1-9-3-4-11(12(15)7-9)5-6-13(19)17-14-10(2)8-16-18-14/h3-8H,1-2H3,(H2,16,17,18,19)/b6-5+. The number of amides is 1. The molecule has 0 unspecified atom stereocenters. The minimum absolute atomic E-state index is 0.195. The van der Waals surface area contributed by atoms with Crippen molar-refractivity contribution in [2.45, 2.75) is 13.8 Å². The van der Waals surface area contributed by atoms with Gasteiger partial charge < -0.3 is 5.32 Å². The van der Waals surface area contributed by atoms with Crippen LogP contribution in [0.2, 0.25) is 0 Å². The number of H-pyrrole nitrogens is 1. The van der Waals surface area contributed by atoms with Gasteiger partial charge in [0, 0.05) is 16.1 Å². The molecule has 4 nitrogen and oxygen atoms in total. The molecular weight excluding hydrogens is 306 g/mol. The van der Waals surface area contributed by atoms with Gasteiger partial charge >= 0.3 is 0 Å². The summed E-state index contributed by atoms with van der Waals surface area (Å²) in [4.78, 5) is 11.8. The Labute approximate surface area is 120 Å². The molecule has 0 aliphatic rings. The lowest BCUT2D eigenvalue weighted by Crippen LogP contribution is -2.08. The first-order valence-electron chi connectivity index (χ1n) is 5.81. The van der Waals surface area contributed by atoms with Crippen LogP contribution in [0.4, 0.5) is 5.82 Å². The number of benzene rings is 1. The number of aromatic nitrogens is 2. The average Bonchev–Trinajstić information content (AvgIpc) is 2.74. The monoisotopic (exact) mass is 319 g/mol. The van der Waals surface area contributed by atoms with Crippen molar-refractivity contribution in [3.8, 4) is 0 Å². The van der Waals surface area contributed by atoms with Crippen LogP contribution in [0.25, 0.3) is 6.08 Å². The number of nitrogens with one attached hydrogen (secondary N) is 2. The maximum absolute atomic E-state index is 11.8. The van der Waals surface area contributed by atoms with Gasteiger partial charge in [-0.25, -0.2) is 0 Å². The highest BCUT2D eigenvalue weighted by Crippen LogP contribution is 2.19. The van der Waals surface area contributed by atoms with Gasteiger partial charge in [0.25, 0.3) is 0 Å². The predicted molar refractivity (Wildman–Crippen MR) is 79.9 cm³/mol. The topological polar surface area (TPSA) is 57.8 Å². The van der Waals surface area contributed by atoms with E-state index >= 15 is 0 Å². The highest BCUT2D eigenvalue weighted by atomic mass is 79.9. The third kappa shape index (κ3) is 3.54. The van der Waals surface area contributed by atoms with E-state index in [4.69, 9.17) is 0 Å². The second-order valence-electron chi connectivity index (χ2n) is 4.28. The van der Waals surface area contributed by atoms with E-state index in [2.05, 4.69) is 31.4 Å². The molecule has 5 heteroatoms. The molecule has 2 rings (SSSR count). The number of carbonyl (C=O) groups excluding carboxylic acids is 1. The average molecular weight is 320 g/mol. The summed E-state index contributed by atoms with van der Waals surface area (Å²) in [6.45, 7) is 3.89.